The van der Waals surface area contributed by atoms with Crippen LogP contribution in [0.3, 0.4) is 0 Å². The van der Waals surface area contributed by atoms with Crippen molar-refractivity contribution < 1.29 is 4.79 Å². The molecule has 4 rings (SSSR count). The lowest BCUT2D eigenvalue weighted by Gasteiger charge is -2.29. The second kappa shape index (κ2) is 7.59. The van der Waals surface area contributed by atoms with E-state index in [-0.39, 0.29) is 17.2 Å². The Bertz CT molecular complexity index is 1090. The van der Waals surface area contributed by atoms with E-state index in [2.05, 4.69) is 15.5 Å². The summed E-state index contributed by atoms with van der Waals surface area (Å²) in [5.74, 6) is 0.241. The van der Waals surface area contributed by atoms with Crippen molar-refractivity contribution in [3.63, 3.8) is 0 Å². The lowest BCUT2D eigenvalue weighted by molar-refractivity contribution is -0.129. The standard InChI is InChI=1S/C19H20N6O2S/c1-13-6-7-14(2)16(10-13)25-19(20-21-22-25)28-12-18(27)23-8-9-24-15(11-23)4-3-5-17(24)26/h3-7,10H,8-9,11-12H2,1-2H3. The van der Waals surface area contributed by atoms with Crippen molar-refractivity contribution in [2.24, 2.45) is 0 Å². The van der Waals surface area contributed by atoms with Crippen molar-refractivity contribution in [3.05, 3.63) is 63.6 Å². The number of aromatic nitrogens is 5. The van der Waals surface area contributed by atoms with Gasteiger partial charge in [-0.2, -0.15) is 4.68 Å². The van der Waals surface area contributed by atoms with Crippen LogP contribution in [0.5, 0.6) is 0 Å². The van der Waals surface area contributed by atoms with Crippen molar-refractivity contribution in [3.8, 4) is 5.69 Å². The number of carbonyl (C=O) groups is 1. The molecule has 2 aromatic heterocycles. The van der Waals surface area contributed by atoms with Crippen LogP contribution in [0.25, 0.3) is 5.69 Å². The Morgan fingerprint density at radius 1 is 1.18 bits per heavy atom. The summed E-state index contributed by atoms with van der Waals surface area (Å²) in [4.78, 5) is 26.3. The minimum Gasteiger partial charge on any atom is -0.334 e. The molecule has 8 nitrogen and oxygen atoms in total. The topological polar surface area (TPSA) is 85.9 Å². The van der Waals surface area contributed by atoms with Gasteiger partial charge >= 0.3 is 0 Å². The van der Waals surface area contributed by atoms with Crippen LogP contribution in [0.4, 0.5) is 0 Å². The number of tetrazole rings is 1. The lowest BCUT2D eigenvalue weighted by atomic mass is 10.1. The first-order chi connectivity index (χ1) is 13.5. The van der Waals surface area contributed by atoms with E-state index in [4.69, 9.17) is 0 Å². The molecule has 0 atom stereocenters. The highest BCUT2D eigenvalue weighted by Crippen LogP contribution is 2.22. The van der Waals surface area contributed by atoms with E-state index in [0.717, 1.165) is 22.5 Å². The predicted molar refractivity (Wildman–Crippen MR) is 105 cm³/mol. The number of amides is 1. The molecule has 3 aromatic rings. The minimum absolute atomic E-state index is 0.00284. The number of benzene rings is 1. The maximum atomic E-state index is 12.7. The van der Waals surface area contributed by atoms with E-state index in [1.807, 2.05) is 38.1 Å². The maximum Gasteiger partial charge on any atom is 0.250 e. The number of pyridine rings is 1. The molecule has 0 spiro atoms. The average Bonchev–Trinajstić information content (AvgIpc) is 3.16. The van der Waals surface area contributed by atoms with E-state index in [0.29, 0.717) is 24.8 Å². The molecule has 1 aliphatic heterocycles. The number of aryl methyl sites for hydroxylation is 2. The third kappa shape index (κ3) is 3.57. The van der Waals surface area contributed by atoms with Gasteiger partial charge in [0.1, 0.15) is 0 Å². The molecule has 0 unspecified atom stereocenters. The summed E-state index contributed by atoms with van der Waals surface area (Å²) in [5, 5.41) is 12.5. The van der Waals surface area contributed by atoms with Crippen LogP contribution >= 0.6 is 11.8 Å². The average molecular weight is 396 g/mol. The molecular formula is C19H20N6O2S. The van der Waals surface area contributed by atoms with Crippen LogP contribution in [-0.4, -0.2) is 47.9 Å². The molecule has 1 amide bonds. The number of thioether (sulfide) groups is 1. The summed E-state index contributed by atoms with van der Waals surface area (Å²) >= 11 is 1.32. The molecule has 9 heteroatoms. The Morgan fingerprint density at radius 3 is 2.89 bits per heavy atom. The first-order valence-corrected chi connectivity index (χ1v) is 9.97. The smallest absolute Gasteiger partial charge is 0.250 e. The third-order valence-corrected chi connectivity index (χ3v) is 5.70. The van der Waals surface area contributed by atoms with E-state index in [9.17, 15) is 9.59 Å². The summed E-state index contributed by atoms with van der Waals surface area (Å²) in [5.41, 5.74) is 3.92. The van der Waals surface area contributed by atoms with Gasteiger partial charge in [0, 0.05) is 24.8 Å². The van der Waals surface area contributed by atoms with Gasteiger partial charge in [0.05, 0.1) is 18.0 Å². The third-order valence-electron chi connectivity index (χ3n) is 4.80. The van der Waals surface area contributed by atoms with Gasteiger partial charge in [0.25, 0.3) is 5.56 Å². The van der Waals surface area contributed by atoms with E-state index in [1.54, 1.807) is 26.3 Å². The Balaban J connectivity index is 1.46. The Morgan fingerprint density at radius 2 is 2.04 bits per heavy atom. The van der Waals surface area contributed by atoms with Gasteiger partial charge in [0.15, 0.2) is 0 Å². The normalized spacial score (nSPS) is 13.4. The van der Waals surface area contributed by atoms with E-state index < -0.39 is 0 Å². The first-order valence-electron chi connectivity index (χ1n) is 8.98. The SMILES string of the molecule is Cc1ccc(C)c(-n2nnnc2SCC(=O)N2CCn3c(cccc3=O)C2)c1. The highest BCUT2D eigenvalue weighted by molar-refractivity contribution is 7.99. The van der Waals surface area contributed by atoms with Crippen LogP contribution in [0.15, 0.2) is 46.3 Å². The summed E-state index contributed by atoms with van der Waals surface area (Å²) in [6, 6.07) is 11.3. The predicted octanol–water partition coefficient (Wildman–Crippen LogP) is 1.58. The summed E-state index contributed by atoms with van der Waals surface area (Å²) in [6.07, 6.45) is 0. The Hall–Kier alpha value is -2.94. The zero-order chi connectivity index (χ0) is 19.7. The molecule has 0 fully saturated rings. The minimum atomic E-state index is -0.0216. The van der Waals surface area contributed by atoms with Gasteiger partial charge in [-0.3, -0.25) is 9.59 Å². The summed E-state index contributed by atoms with van der Waals surface area (Å²) < 4.78 is 3.39. The van der Waals surface area contributed by atoms with Crippen LogP contribution in [0.1, 0.15) is 16.8 Å². The van der Waals surface area contributed by atoms with Crippen molar-refractivity contribution in [2.75, 3.05) is 12.3 Å². The van der Waals surface area contributed by atoms with Gasteiger partial charge in [-0.15, -0.1) is 5.10 Å². The quantitative estimate of drug-likeness (QED) is 0.623. The molecular weight excluding hydrogens is 376 g/mol. The van der Waals surface area contributed by atoms with E-state index in [1.165, 1.54) is 11.8 Å². The fraction of sp³-hybridized carbons (Fsp3) is 0.316. The molecule has 0 saturated carbocycles. The molecule has 1 aliphatic rings. The molecule has 1 aromatic carbocycles. The van der Waals surface area contributed by atoms with Crippen molar-refractivity contribution in [1.29, 1.82) is 0 Å². The van der Waals surface area contributed by atoms with Gasteiger partial charge in [-0.25, -0.2) is 0 Å². The number of rotatable bonds is 4. The number of carbonyl (C=O) groups excluding carboxylic acids is 1. The van der Waals surface area contributed by atoms with Crippen molar-refractivity contribution in [2.45, 2.75) is 32.1 Å². The fourth-order valence-electron chi connectivity index (χ4n) is 3.25. The van der Waals surface area contributed by atoms with E-state index >= 15 is 0 Å². The Kier molecular flexibility index (Phi) is 4.99. The van der Waals surface area contributed by atoms with Gasteiger partial charge in [-0.1, -0.05) is 30.0 Å². The summed E-state index contributed by atoms with van der Waals surface area (Å²) in [7, 11) is 0. The largest absolute Gasteiger partial charge is 0.334 e. The fourth-order valence-corrected chi connectivity index (χ4v) is 4.03. The molecule has 0 saturated heterocycles. The second-order valence-electron chi connectivity index (χ2n) is 6.77. The van der Waals surface area contributed by atoms with Gasteiger partial charge in [-0.05, 0) is 47.5 Å². The van der Waals surface area contributed by atoms with Crippen LogP contribution < -0.4 is 5.56 Å². The molecule has 28 heavy (non-hydrogen) atoms. The summed E-state index contributed by atoms with van der Waals surface area (Å²) in [6.45, 7) is 5.51. The van der Waals surface area contributed by atoms with Crippen LogP contribution in [-0.2, 0) is 17.9 Å². The number of fused-ring (bicyclic) bond motifs is 1. The zero-order valence-electron chi connectivity index (χ0n) is 15.7. The van der Waals surface area contributed by atoms with Crippen molar-refractivity contribution >= 4 is 17.7 Å². The number of nitrogens with zero attached hydrogens (tertiary/aromatic N) is 6. The molecule has 0 bridgehead atoms. The molecule has 0 aliphatic carbocycles. The van der Waals surface area contributed by atoms with Gasteiger partial charge in [0.2, 0.25) is 11.1 Å². The highest BCUT2D eigenvalue weighted by Gasteiger charge is 2.22. The Labute approximate surface area is 166 Å². The first kappa shape index (κ1) is 18.4. The number of hydrogen-bond acceptors (Lipinski definition) is 6. The monoisotopic (exact) mass is 396 g/mol. The molecule has 3 heterocycles. The maximum absolute atomic E-state index is 12.7. The zero-order valence-corrected chi connectivity index (χ0v) is 16.5. The van der Waals surface area contributed by atoms with Gasteiger partial charge < -0.3 is 9.47 Å². The second-order valence-corrected chi connectivity index (χ2v) is 7.72. The van der Waals surface area contributed by atoms with Crippen LogP contribution in [0, 0.1) is 13.8 Å². The molecule has 0 N–H and O–H groups in total. The lowest BCUT2D eigenvalue weighted by Crippen LogP contribution is -2.42. The number of hydrogen-bond donors (Lipinski definition) is 0. The van der Waals surface area contributed by atoms with Crippen LogP contribution in [0.2, 0.25) is 0 Å². The highest BCUT2D eigenvalue weighted by atomic mass is 32.2. The molecule has 144 valence electrons. The molecule has 0 radical (unpaired) electrons. The van der Waals surface area contributed by atoms with Crippen molar-refractivity contribution in [1.82, 2.24) is 29.7 Å².